The second kappa shape index (κ2) is 6.02. The Labute approximate surface area is 127 Å². The molecule has 3 heteroatoms. The molecule has 0 aliphatic heterocycles. The molecular formula is C18H25N3. The molecule has 0 radical (unpaired) electrons. The Morgan fingerprint density at radius 1 is 1.24 bits per heavy atom. The third-order valence-corrected chi connectivity index (χ3v) is 4.60. The van der Waals surface area contributed by atoms with Crippen LogP contribution in [0.1, 0.15) is 50.3 Å². The zero-order chi connectivity index (χ0) is 14.7. The lowest BCUT2D eigenvalue weighted by Gasteiger charge is -2.28. The molecule has 1 aromatic carbocycles. The van der Waals surface area contributed by atoms with Crippen LogP contribution in [0.2, 0.25) is 0 Å². The summed E-state index contributed by atoms with van der Waals surface area (Å²) in [6.07, 6.45) is 7.92. The molecule has 0 bridgehead atoms. The molecule has 1 aliphatic carbocycles. The van der Waals surface area contributed by atoms with E-state index in [-0.39, 0.29) is 5.41 Å². The largest absolute Gasteiger partial charge is 0.309 e. The van der Waals surface area contributed by atoms with Gasteiger partial charge in [0.25, 0.3) is 0 Å². The first-order valence-electron chi connectivity index (χ1n) is 8.11. The molecule has 1 N–H and O–H groups in total. The summed E-state index contributed by atoms with van der Waals surface area (Å²) in [7, 11) is 0. The van der Waals surface area contributed by atoms with Gasteiger partial charge in [-0.1, -0.05) is 37.3 Å². The Morgan fingerprint density at radius 2 is 2.00 bits per heavy atom. The van der Waals surface area contributed by atoms with Gasteiger partial charge in [-0.25, -0.2) is 0 Å². The summed E-state index contributed by atoms with van der Waals surface area (Å²) in [6.45, 7) is 6.34. The van der Waals surface area contributed by atoms with Crippen LogP contribution < -0.4 is 5.32 Å². The second-order valence-electron chi connectivity index (χ2n) is 6.04. The van der Waals surface area contributed by atoms with Gasteiger partial charge in [0.15, 0.2) is 0 Å². The summed E-state index contributed by atoms with van der Waals surface area (Å²) in [5.74, 6) is 0. The first-order valence-corrected chi connectivity index (χ1v) is 8.11. The van der Waals surface area contributed by atoms with Crippen molar-refractivity contribution < 1.29 is 0 Å². The summed E-state index contributed by atoms with van der Waals surface area (Å²) in [5, 5.41) is 8.25. The Hall–Kier alpha value is -1.61. The van der Waals surface area contributed by atoms with Crippen molar-refractivity contribution in [3.05, 3.63) is 53.9 Å². The number of hydrogen-bond acceptors (Lipinski definition) is 2. The maximum Gasteiger partial charge on any atom is 0.0537 e. The molecule has 1 saturated carbocycles. The van der Waals surface area contributed by atoms with Gasteiger partial charge in [0.05, 0.1) is 6.20 Å². The van der Waals surface area contributed by atoms with E-state index in [0.717, 1.165) is 19.5 Å². The van der Waals surface area contributed by atoms with Crippen molar-refractivity contribution in [2.75, 3.05) is 6.54 Å². The van der Waals surface area contributed by atoms with Crippen LogP contribution in [0.3, 0.4) is 0 Å². The third-order valence-electron chi connectivity index (χ3n) is 4.60. The van der Waals surface area contributed by atoms with E-state index in [1.54, 1.807) is 0 Å². The van der Waals surface area contributed by atoms with Crippen molar-refractivity contribution in [2.45, 2.75) is 51.1 Å². The zero-order valence-corrected chi connectivity index (χ0v) is 13.0. The fraction of sp³-hybridized carbons (Fsp3) is 0.500. The molecule has 21 heavy (non-hydrogen) atoms. The van der Waals surface area contributed by atoms with Crippen LogP contribution in [0, 0.1) is 0 Å². The van der Waals surface area contributed by atoms with Crippen LogP contribution in [-0.4, -0.2) is 16.3 Å². The Morgan fingerprint density at radius 3 is 2.57 bits per heavy atom. The van der Waals surface area contributed by atoms with E-state index in [1.807, 2.05) is 10.9 Å². The summed E-state index contributed by atoms with van der Waals surface area (Å²) in [6, 6.07) is 11.3. The molecule has 0 spiro atoms. The van der Waals surface area contributed by atoms with Gasteiger partial charge in [-0.05, 0) is 38.3 Å². The van der Waals surface area contributed by atoms with Gasteiger partial charge < -0.3 is 5.32 Å². The van der Waals surface area contributed by atoms with Gasteiger partial charge in [0.2, 0.25) is 0 Å². The SMILES string of the molecule is CCCNC(c1cnn(CC)c1)C1(c2ccccc2)CC1. The number of aromatic nitrogens is 2. The van der Waals surface area contributed by atoms with Gasteiger partial charge in [-0.3, -0.25) is 4.68 Å². The molecular weight excluding hydrogens is 258 g/mol. The summed E-state index contributed by atoms with van der Waals surface area (Å²) < 4.78 is 2.02. The van der Waals surface area contributed by atoms with Crippen LogP contribution in [0.4, 0.5) is 0 Å². The smallest absolute Gasteiger partial charge is 0.0537 e. The van der Waals surface area contributed by atoms with Crippen LogP contribution >= 0.6 is 0 Å². The standard InChI is InChI=1S/C18H25N3/c1-3-12-19-17(15-13-20-21(4-2)14-15)18(10-11-18)16-8-6-5-7-9-16/h5-9,13-14,17,19H,3-4,10-12H2,1-2H3. The molecule has 2 aromatic rings. The third kappa shape index (κ3) is 2.75. The lowest BCUT2D eigenvalue weighted by Crippen LogP contribution is -2.32. The molecule has 1 atom stereocenters. The van der Waals surface area contributed by atoms with Crippen LogP contribution in [-0.2, 0) is 12.0 Å². The number of rotatable bonds is 7. The van der Waals surface area contributed by atoms with Crippen molar-refractivity contribution in [1.82, 2.24) is 15.1 Å². The van der Waals surface area contributed by atoms with E-state index in [0.29, 0.717) is 6.04 Å². The van der Waals surface area contributed by atoms with Crippen molar-refractivity contribution >= 4 is 0 Å². The molecule has 3 nitrogen and oxygen atoms in total. The molecule has 1 aromatic heterocycles. The van der Waals surface area contributed by atoms with Gasteiger partial charge in [0.1, 0.15) is 0 Å². The van der Waals surface area contributed by atoms with Gasteiger partial charge in [-0.15, -0.1) is 0 Å². The lowest BCUT2D eigenvalue weighted by atomic mass is 9.85. The van der Waals surface area contributed by atoms with Gasteiger partial charge in [-0.2, -0.15) is 5.10 Å². The fourth-order valence-corrected chi connectivity index (χ4v) is 3.27. The average Bonchev–Trinajstić information content (AvgIpc) is 3.20. The number of nitrogens with zero attached hydrogens (tertiary/aromatic N) is 2. The highest BCUT2D eigenvalue weighted by Crippen LogP contribution is 2.56. The van der Waals surface area contributed by atoms with Gasteiger partial charge >= 0.3 is 0 Å². The molecule has 1 heterocycles. The van der Waals surface area contributed by atoms with E-state index in [1.165, 1.54) is 24.0 Å². The normalized spacial score (nSPS) is 17.6. The minimum atomic E-state index is 0.262. The minimum Gasteiger partial charge on any atom is -0.309 e. The Kier molecular flexibility index (Phi) is 4.11. The molecule has 1 aliphatic rings. The van der Waals surface area contributed by atoms with Crippen LogP contribution in [0.5, 0.6) is 0 Å². The maximum absolute atomic E-state index is 4.48. The predicted octanol–water partition coefficient (Wildman–Crippen LogP) is 3.68. The van der Waals surface area contributed by atoms with Crippen molar-refractivity contribution in [3.8, 4) is 0 Å². The number of aryl methyl sites for hydroxylation is 1. The quantitative estimate of drug-likeness (QED) is 0.840. The molecule has 112 valence electrons. The topological polar surface area (TPSA) is 29.9 Å². The van der Waals surface area contributed by atoms with Crippen molar-refractivity contribution in [3.63, 3.8) is 0 Å². The number of benzene rings is 1. The van der Waals surface area contributed by atoms with Crippen LogP contribution in [0.25, 0.3) is 0 Å². The molecule has 1 unspecified atom stereocenters. The first kappa shape index (κ1) is 14.3. The zero-order valence-electron chi connectivity index (χ0n) is 13.0. The number of nitrogens with one attached hydrogen (secondary N) is 1. The Bertz CT molecular complexity index is 569. The highest BCUT2D eigenvalue weighted by molar-refractivity contribution is 5.37. The van der Waals surface area contributed by atoms with E-state index < -0.39 is 0 Å². The molecule has 0 amide bonds. The minimum absolute atomic E-state index is 0.262. The van der Waals surface area contributed by atoms with Crippen molar-refractivity contribution in [2.24, 2.45) is 0 Å². The highest BCUT2D eigenvalue weighted by Gasteiger charge is 2.51. The Balaban J connectivity index is 1.92. The second-order valence-corrected chi connectivity index (χ2v) is 6.04. The average molecular weight is 283 g/mol. The summed E-state index contributed by atoms with van der Waals surface area (Å²) >= 11 is 0. The van der Waals surface area contributed by atoms with E-state index >= 15 is 0 Å². The fourth-order valence-electron chi connectivity index (χ4n) is 3.27. The maximum atomic E-state index is 4.48. The molecule has 0 saturated heterocycles. The van der Waals surface area contributed by atoms with Crippen molar-refractivity contribution in [1.29, 1.82) is 0 Å². The summed E-state index contributed by atoms with van der Waals surface area (Å²) in [5.41, 5.74) is 3.05. The van der Waals surface area contributed by atoms with Gasteiger partial charge in [0, 0.05) is 29.8 Å². The summed E-state index contributed by atoms with van der Waals surface area (Å²) in [4.78, 5) is 0. The molecule has 1 fully saturated rings. The van der Waals surface area contributed by atoms with E-state index in [9.17, 15) is 0 Å². The van der Waals surface area contributed by atoms with E-state index in [4.69, 9.17) is 0 Å². The predicted molar refractivity (Wildman–Crippen MR) is 86.3 cm³/mol. The molecule has 3 rings (SSSR count). The van der Waals surface area contributed by atoms with E-state index in [2.05, 4.69) is 60.8 Å². The monoisotopic (exact) mass is 283 g/mol. The number of hydrogen-bond donors (Lipinski definition) is 1. The first-order chi connectivity index (χ1) is 10.3. The lowest BCUT2D eigenvalue weighted by molar-refractivity contribution is 0.429. The highest BCUT2D eigenvalue weighted by atomic mass is 15.3. The van der Waals surface area contributed by atoms with Crippen LogP contribution in [0.15, 0.2) is 42.7 Å².